The van der Waals surface area contributed by atoms with Crippen LogP contribution in [0, 0.1) is 0 Å². The molecule has 0 spiro atoms. The number of hydrogen-bond acceptors (Lipinski definition) is 5. The van der Waals surface area contributed by atoms with Crippen LogP contribution in [-0.4, -0.2) is 28.5 Å². The SMILES string of the molecule is O=C(CCCNc1nc(Cl)nc2sccc12)NC1CC1. The van der Waals surface area contributed by atoms with Gasteiger partial charge in [-0.1, -0.05) is 0 Å². The molecule has 106 valence electrons. The third kappa shape index (κ3) is 3.37. The van der Waals surface area contributed by atoms with Crippen molar-refractivity contribution in [3.05, 3.63) is 16.7 Å². The molecule has 7 heteroatoms. The Morgan fingerprint density at radius 2 is 2.30 bits per heavy atom. The molecule has 0 radical (unpaired) electrons. The largest absolute Gasteiger partial charge is 0.369 e. The van der Waals surface area contributed by atoms with Crippen molar-refractivity contribution < 1.29 is 4.79 Å². The molecular weight excluding hydrogens is 296 g/mol. The number of carbonyl (C=O) groups excluding carboxylic acids is 1. The van der Waals surface area contributed by atoms with E-state index >= 15 is 0 Å². The number of thiophene rings is 1. The lowest BCUT2D eigenvalue weighted by Gasteiger charge is -2.07. The molecule has 2 aromatic rings. The van der Waals surface area contributed by atoms with E-state index in [2.05, 4.69) is 20.6 Å². The highest BCUT2D eigenvalue weighted by atomic mass is 35.5. The number of carbonyl (C=O) groups is 1. The molecule has 1 amide bonds. The predicted octanol–water partition coefficient (Wildman–Crippen LogP) is 2.82. The lowest BCUT2D eigenvalue weighted by molar-refractivity contribution is -0.121. The van der Waals surface area contributed by atoms with Crippen molar-refractivity contribution in [3.63, 3.8) is 0 Å². The summed E-state index contributed by atoms with van der Waals surface area (Å²) in [6.07, 6.45) is 3.56. The third-order valence-corrected chi connectivity index (χ3v) is 4.09. The molecule has 0 saturated heterocycles. The number of rotatable bonds is 6. The van der Waals surface area contributed by atoms with E-state index in [4.69, 9.17) is 11.6 Å². The van der Waals surface area contributed by atoms with Gasteiger partial charge in [-0.05, 0) is 42.3 Å². The fraction of sp³-hybridized carbons (Fsp3) is 0.462. The number of amides is 1. The smallest absolute Gasteiger partial charge is 0.225 e. The minimum Gasteiger partial charge on any atom is -0.369 e. The zero-order chi connectivity index (χ0) is 13.9. The predicted molar refractivity (Wildman–Crippen MR) is 81.3 cm³/mol. The number of hydrogen-bond donors (Lipinski definition) is 2. The zero-order valence-electron chi connectivity index (χ0n) is 10.9. The molecule has 1 fully saturated rings. The average molecular weight is 311 g/mol. The molecule has 1 aliphatic rings. The van der Waals surface area contributed by atoms with E-state index in [1.54, 1.807) is 0 Å². The van der Waals surface area contributed by atoms with Crippen molar-refractivity contribution in [2.45, 2.75) is 31.7 Å². The number of halogens is 1. The molecule has 1 saturated carbocycles. The van der Waals surface area contributed by atoms with Gasteiger partial charge in [-0.2, -0.15) is 0 Å². The Bertz CT molecular complexity index is 626. The van der Waals surface area contributed by atoms with E-state index in [-0.39, 0.29) is 11.2 Å². The van der Waals surface area contributed by atoms with Crippen LogP contribution in [0.15, 0.2) is 11.4 Å². The lowest BCUT2D eigenvalue weighted by atomic mass is 10.3. The van der Waals surface area contributed by atoms with Crippen LogP contribution in [0.5, 0.6) is 0 Å². The van der Waals surface area contributed by atoms with Crippen molar-refractivity contribution in [3.8, 4) is 0 Å². The molecule has 3 rings (SSSR count). The summed E-state index contributed by atoms with van der Waals surface area (Å²) >= 11 is 7.42. The Kier molecular flexibility index (Phi) is 4.03. The molecule has 2 N–H and O–H groups in total. The van der Waals surface area contributed by atoms with Gasteiger partial charge >= 0.3 is 0 Å². The molecular formula is C13H15ClN4OS. The highest BCUT2D eigenvalue weighted by molar-refractivity contribution is 7.16. The maximum Gasteiger partial charge on any atom is 0.225 e. The van der Waals surface area contributed by atoms with E-state index in [1.165, 1.54) is 11.3 Å². The van der Waals surface area contributed by atoms with Gasteiger partial charge in [0, 0.05) is 19.0 Å². The van der Waals surface area contributed by atoms with Crippen LogP contribution in [0.2, 0.25) is 5.28 Å². The summed E-state index contributed by atoms with van der Waals surface area (Å²) in [4.78, 5) is 20.8. The van der Waals surface area contributed by atoms with E-state index in [1.807, 2.05) is 11.4 Å². The minimum atomic E-state index is 0.135. The number of nitrogens with one attached hydrogen (secondary N) is 2. The fourth-order valence-corrected chi connectivity index (χ4v) is 2.93. The summed E-state index contributed by atoms with van der Waals surface area (Å²) in [5.41, 5.74) is 0. The Labute approximate surface area is 125 Å². The van der Waals surface area contributed by atoms with Crippen molar-refractivity contribution in [1.29, 1.82) is 0 Å². The standard InChI is InChI=1S/C13H15ClN4OS/c14-13-17-11(9-5-7-20-12(9)18-13)15-6-1-2-10(19)16-8-3-4-8/h5,7-8H,1-4,6H2,(H,16,19)(H,15,17,18). The summed E-state index contributed by atoms with van der Waals surface area (Å²) in [6.45, 7) is 0.691. The van der Waals surface area contributed by atoms with Crippen LogP contribution >= 0.6 is 22.9 Å². The highest BCUT2D eigenvalue weighted by Gasteiger charge is 2.22. The van der Waals surface area contributed by atoms with Crippen LogP contribution < -0.4 is 10.6 Å². The van der Waals surface area contributed by atoms with Gasteiger partial charge in [-0.15, -0.1) is 11.3 Å². The summed E-state index contributed by atoms with van der Waals surface area (Å²) in [7, 11) is 0. The number of fused-ring (bicyclic) bond motifs is 1. The molecule has 0 atom stereocenters. The Balaban J connectivity index is 1.51. The monoisotopic (exact) mass is 310 g/mol. The van der Waals surface area contributed by atoms with Crippen molar-refractivity contribution in [1.82, 2.24) is 15.3 Å². The molecule has 0 bridgehead atoms. The molecule has 5 nitrogen and oxygen atoms in total. The van der Waals surface area contributed by atoms with Crippen LogP contribution in [0.25, 0.3) is 10.2 Å². The second kappa shape index (κ2) is 5.93. The number of nitrogens with zero attached hydrogens (tertiary/aromatic N) is 2. The van der Waals surface area contributed by atoms with Gasteiger partial charge in [-0.3, -0.25) is 4.79 Å². The second-order valence-electron chi connectivity index (χ2n) is 4.85. The van der Waals surface area contributed by atoms with Crippen molar-refractivity contribution in [2.24, 2.45) is 0 Å². The Morgan fingerprint density at radius 1 is 1.45 bits per heavy atom. The van der Waals surface area contributed by atoms with Gasteiger partial charge < -0.3 is 10.6 Å². The van der Waals surface area contributed by atoms with Gasteiger partial charge in [0.2, 0.25) is 11.2 Å². The first-order valence-corrected chi connectivity index (χ1v) is 7.92. The number of aromatic nitrogens is 2. The van der Waals surface area contributed by atoms with Gasteiger partial charge in [0.1, 0.15) is 10.6 Å². The van der Waals surface area contributed by atoms with Crippen molar-refractivity contribution in [2.75, 3.05) is 11.9 Å². The van der Waals surface area contributed by atoms with Gasteiger partial charge in [0.05, 0.1) is 5.39 Å². The van der Waals surface area contributed by atoms with E-state index in [9.17, 15) is 4.79 Å². The lowest BCUT2D eigenvalue weighted by Crippen LogP contribution is -2.25. The first-order valence-electron chi connectivity index (χ1n) is 6.66. The maximum absolute atomic E-state index is 11.5. The Hall–Kier alpha value is -1.40. The molecule has 20 heavy (non-hydrogen) atoms. The fourth-order valence-electron chi connectivity index (χ4n) is 1.95. The molecule has 0 unspecified atom stereocenters. The van der Waals surface area contributed by atoms with Crippen LogP contribution in [0.1, 0.15) is 25.7 Å². The first kappa shape index (κ1) is 13.6. The summed E-state index contributed by atoms with van der Waals surface area (Å²) in [5.74, 6) is 0.875. The topological polar surface area (TPSA) is 66.9 Å². The minimum absolute atomic E-state index is 0.135. The van der Waals surface area contributed by atoms with Gasteiger partial charge in [0.25, 0.3) is 0 Å². The van der Waals surface area contributed by atoms with Crippen molar-refractivity contribution >= 4 is 44.9 Å². The zero-order valence-corrected chi connectivity index (χ0v) is 12.4. The molecule has 0 aromatic carbocycles. The molecule has 0 aliphatic heterocycles. The van der Waals surface area contributed by atoms with Crippen LogP contribution in [0.3, 0.4) is 0 Å². The molecule has 2 aromatic heterocycles. The van der Waals surface area contributed by atoms with E-state index in [0.717, 1.165) is 35.3 Å². The molecule has 2 heterocycles. The number of anilines is 1. The average Bonchev–Trinajstić information content (AvgIpc) is 3.09. The first-order chi connectivity index (χ1) is 9.72. The van der Waals surface area contributed by atoms with Gasteiger partial charge in [-0.25, -0.2) is 9.97 Å². The van der Waals surface area contributed by atoms with E-state index in [0.29, 0.717) is 19.0 Å². The van der Waals surface area contributed by atoms with Crippen LogP contribution in [0.4, 0.5) is 5.82 Å². The van der Waals surface area contributed by atoms with Gasteiger partial charge in [0.15, 0.2) is 0 Å². The second-order valence-corrected chi connectivity index (χ2v) is 6.09. The summed E-state index contributed by atoms with van der Waals surface area (Å²) < 4.78 is 0. The quantitative estimate of drug-likeness (QED) is 0.636. The third-order valence-electron chi connectivity index (χ3n) is 3.11. The highest BCUT2D eigenvalue weighted by Crippen LogP contribution is 2.26. The van der Waals surface area contributed by atoms with E-state index < -0.39 is 0 Å². The summed E-state index contributed by atoms with van der Waals surface area (Å²) in [6, 6.07) is 2.40. The van der Waals surface area contributed by atoms with Crippen LogP contribution in [-0.2, 0) is 4.79 Å². The molecule has 1 aliphatic carbocycles. The normalized spacial score (nSPS) is 14.4. The summed E-state index contributed by atoms with van der Waals surface area (Å²) in [5, 5.41) is 9.39. The Morgan fingerprint density at radius 3 is 3.10 bits per heavy atom. The maximum atomic E-state index is 11.5.